The molecule has 2 heterocycles. The van der Waals surface area contributed by atoms with Crippen molar-refractivity contribution in [2.75, 3.05) is 13.3 Å². The number of hydrogen-bond donors (Lipinski definition) is 1. The van der Waals surface area contributed by atoms with Gasteiger partial charge in [-0.15, -0.1) is 0 Å². The minimum Gasteiger partial charge on any atom is -0.507 e. The number of aliphatic hydroxyl groups excluding tert-OH is 1. The number of Topliss-reactive ketones (excluding diaryl/α,β-unsaturated/α-hetero) is 1. The lowest BCUT2D eigenvalue weighted by Gasteiger charge is -2.25. The third kappa shape index (κ3) is 2.79. The summed E-state index contributed by atoms with van der Waals surface area (Å²) in [5.41, 5.74) is 0.319. The fourth-order valence-corrected chi connectivity index (χ4v) is 3.57. The van der Waals surface area contributed by atoms with Gasteiger partial charge >= 0.3 is 0 Å². The Morgan fingerprint density at radius 3 is 2.68 bits per heavy atom. The number of benzene rings is 2. The Balaban J connectivity index is 1.89. The molecule has 0 aliphatic carbocycles. The highest BCUT2D eigenvalue weighted by Crippen LogP contribution is 2.42. The Labute approximate surface area is 160 Å². The Bertz CT molecular complexity index is 1000. The number of halogens is 1. The molecule has 1 N–H and O–H groups in total. The topological polar surface area (TPSA) is 76.1 Å². The molecule has 0 aromatic heterocycles. The molecule has 0 spiro atoms. The second-order valence-corrected chi connectivity index (χ2v) is 6.58. The number of fused-ring (bicyclic) bond motifs is 1. The molecule has 28 heavy (non-hydrogen) atoms. The molecule has 2 aromatic rings. The van der Waals surface area contributed by atoms with Gasteiger partial charge in [0.2, 0.25) is 6.79 Å². The van der Waals surface area contributed by atoms with Gasteiger partial charge in [-0.1, -0.05) is 25.1 Å². The zero-order chi connectivity index (χ0) is 19.8. The SMILES string of the molecule is CCCN1C(=O)C(=O)/C(=C(/O)c2ccc3c(c2)OCO3)C1c1ccccc1F. The average Bonchev–Trinajstić information content (AvgIpc) is 3.26. The number of hydrogen-bond acceptors (Lipinski definition) is 5. The van der Waals surface area contributed by atoms with Gasteiger partial charge in [-0.3, -0.25) is 9.59 Å². The monoisotopic (exact) mass is 383 g/mol. The van der Waals surface area contributed by atoms with Crippen molar-refractivity contribution in [3.8, 4) is 11.5 Å². The summed E-state index contributed by atoms with van der Waals surface area (Å²) in [5, 5.41) is 10.9. The fourth-order valence-electron chi connectivity index (χ4n) is 3.57. The Kier molecular flexibility index (Phi) is 4.50. The normalized spacial score (nSPS) is 20.1. The molecule has 2 aliphatic heterocycles. The highest BCUT2D eigenvalue weighted by Gasteiger charge is 2.46. The summed E-state index contributed by atoms with van der Waals surface area (Å²) >= 11 is 0. The zero-order valence-corrected chi connectivity index (χ0v) is 15.1. The van der Waals surface area contributed by atoms with Crippen LogP contribution in [-0.2, 0) is 9.59 Å². The third-order valence-electron chi connectivity index (χ3n) is 4.85. The number of amides is 1. The van der Waals surface area contributed by atoms with E-state index in [-0.39, 0.29) is 30.2 Å². The number of nitrogens with zero attached hydrogens (tertiary/aromatic N) is 1. The first-order valence-corrected chi connectivity index (χ1v) is 8.95. The summed E-state index contributed by atoms with van der Waals surface area (Å²) in [6, 6.07) is 9.65. The average molecular weight is 383 g/mol. The van der Waals surface area contributed by atoms with Gasteiger partial charge in [-0.2, -0.15) is 0 Å². The molecule has 6 nitrogen and oxygen atoms in total. The van der Waals surface area contributed by atoms with Gasteiger partial charge in [0.1, 0.15) is 11.6 Å². The summed E-state index contributed by atoms with van der Waals surface area (Å²) in [6.45, 7) is 2.19. The molecule has 0 saturated carbocycles. The predicted molar refractivity (Wildman–Crippen MR) is 98.3 cm³/mol. The molecule has 0 radical (unpaired) electrons. The molecule has 1 unspecified atom stereocenters. The van der Waals surface area contributed by atoms with Crippen LogP contribution in [0.25, 0.3) is 5.76 Å². The van der Waals surface area contributed by atoms with Crippen LogP contribution >= 0.6 is 0 Å². The minimum absolute atomic E-state index is 0.0651. The van der Waals surface area contributed by atoms with E-state index in [1.165, 1.54) is 29.2 Å². The van der Waals surface area contributed by atoms with E-state index in [1.54, 1.807) is 18.2 Å². The molecular formula is C21H18FNO5. The van der Waals surface area contributed by atoms with Crippen LogP contribution in [0, 0.1) is 5.82 Å². The third-order valence-corrected chi connectivity index (χ3v) is 4.85. The summed E-state index contributed by atoms with van der Waals surface area (Å²) < 4.78 is 25.1. The standard InChI is InChI=1S/C21H18FNO5/c1-2-9-23-18(13-5-3-4-6-14(13)22)17(20(25)21(23)26)19(24)12-7-8-15-16(10-12)28-11-27-15/h3-8,10,18,24H,2,9,11H2,1H3/b19-17+. The van der Waals surface area contributed by atoms with Gasteiger partial charge in [0.25, 0.3) is 11.7 Å². The Morgan fingerprint density at radius 2 is 1.93 bits per heavy atom. The van der Waals surface area contributed by atoms with Crippen LogP contribution in [0.1, 0.15) is 30.5 Å². The lowest BCUT2D eigenvalue weighted by Crippen LogP contribution is -2.30. The predicted octanol–water partition coefficient (Wildman–Crippen LogP) is 3.39. The van der Waals surface area contributed by atoms with E-state index in [9.17, 15) is 19.1 Å². The number of ether oxygens (including phenoxy) is 2. The van der Waals surface area contributed by atoms with Crippen molar-refractivity contribution in [1.82, 2.24) is 4.90 Å². The molecule has 4 rings (SSSR count). The van der Waals surface area contributed by atoms with Crippen molar-refractivity contribution < 1.29 is 28.6 Å². The van der Waals surface area contributed by atoms with Crippen LogP contribution in [0.4, 0.5) is 4.39 Å². The first-order valence-electron chi connectivity index (χ1n) is 8.95. The Hall–Kier alpha value is -3.35. The van der Waals surface area contributed by atoms with Gasteiger partial charge in [0.15, 0.2) is 11.5 Å². The molecule has 144 valence electrons. The summed E-state index contributed by atoms with van der Waals surface area (Å²) in [6.07, 6.45) is 0.585. The minimum atomic E-state index is -0.994. The second kappa shape index (κ2) is 6.99. The highest BCUT2D eigenvalue weighted by molar-refractivity contribution is 6.46. The number of aliphatic hydroxyl groups is 1. The van der Waals surface area contributed by atoms with E-state index in [0.717, 1.165) is 0 Å². The van der Waals surface area contributed by atoms with Crippen molar-refractivity contribution in [3.05, 3.63) is 65.0 Å². The summed E-state index contributed by atoms with van der Waals surface area (Å²) in [5.74, 6) is -1.56. The maximum absolute atomic E-state index is 14.5. The van der Waals surface area contributed by atoms with E-state index in [1.807, 2.05) is 6.92 Å². The van der Waals surface area contributed by atoms with Crippen molar-refractivity contribution in [2.24, 2.45) is 0 Å². The van der Waals surface area contributed by atoms with E-state index in [2.05, 4.69) is 0 Å². The van der Waals surface area contributed by atoms with Crippen molar-refractivity contribution in [1.29, 1.82) is 0 Å². The quantitative estimate of drug-likeness (QED) is 0.498. The molecule has 0 bridgehead atoms. The Morgan fingerprint density at radius 1 is 1.18 bits per heavy atom. The van der Waals surface area contributed by atoms with E-state index in [4.69, 9.17) is 9.47 Å². The molecular weight excluding hydrogens is 365 g/mol. The van der Waals surface area contributed by atoms with Crippen molar-refractivity contribution in [2.45, 2.75) is 19.4 Å². The first kappa shape index (κ1) is 18.0. The lowest BCUT2D eigenvalue weighted by molar-refractivity contribution is -0.139. The first-order chi connectivity index (χ1) is 13.5. The highest BCUT2D eigenvalue weighted by atomic mass is 19.1. The van der Waals surface area contributed by atoms with Crippen LogP contribution in [-0.4, -0.2) is 35.0 Å². The largest absolute Gasteiger partial charge is 0.507 e. The molecule has 2 aliphatic rings. The van der Waals surface area contributed by atoms with Crippen LogP contribution < -0.4 is 9.47 Å². The van der Waals surface area contributed by atoms with E-state index >= 15 is 0 Å². The van der Waals surface area contributed by atoms with Crippen LogP contribution in [0.2, 0.25) is 0 Å². The van der Waals surface area contributed by atoms with Gasteiger partial charge in [-0.05, 0) is 30.7 Å². The molecule has 1 atom stereocenters. The smallest absolute Gasteiger partial charge is 0.295 e. The molecule has 1 saturated heterocycles. The van der Waals surface area contributed by atoms with Gasteiger partial charge in [-0.25, -0.2) is 4.39 Å². The molecule has 1 fully saturated rings. The summed E-state index contributed by atoms with van der Waals surface area (Å²) in [4.78, 5) is 26.6. The number of carbonyl (C=O) groups excluding carboxylic acids is 2. The second-order valence-electron chi connectivity index (χ2n) is 6.58. The fraction of sp³-hybridized carbons (Fsp3) is 0.238. The van der Waals surface area contributed by atoms with Gasteiger partial charge in [0, 0.05) is 17.7 Å². The van der Waals surface area contributed by atoms with Crippen LogP contribution in [0.5, 0.6) is 11.5 Å². The lowest BCUT2D eigenvalue weighted by atomic mass is 9.94. The van der Waals surface area contributed by atoms with Gasteiger partial charge in [0.05, 0.1) is 11.6 Å². The van der Waals surface area contributed by atoms with Gasteiger partial charge < -0.3 is 19.5 Å². The van der Waals surface area contributed by atoms with Crippen molar-refractivity contribution >= 4 is 17.4 Å². The number of ketones is 1. The maximum Gasteiger partial charge on any atom is 0.295 e. The number of rotatable bonds is 4. The molecule has 2 aromatic carbocycles. The zero-order valence-electron chi connectivity index (χ0n) is 15.1. The van der Waals surface area contributed by atoms with Crippen LogP contribution in [0.15, 0.2) is 48.0 Å². The summed E-state index contributed by atoms with van der Waals surface area (Å²) in [7, 11) is 0. The van der Waals surface area contributed by atoms with E-state index in [0.29, 0.717) is 23.5 Å². The number of likely N-dealkylation sites (tertiary alicyclic amines) is 1. The molecule has 1 amide bonds. The van der Waals surface area contributed by atoms with Crippen LogP contribution in [0.3, 0.4) is 0 Å². The van der Waals surface area contributed by atoms with Crippen molar-refractivity contribution in [3.63, 3.8) is 0 Å². The number of carbonyl (C=O) groups is 2. The van der Waals surface area contributed by atoms with E-state index < -0.39 is 23.5 Å². The molecule has 7 heteroatoms. The maximum atomic E-state index is 14.5.